The summed E-state index contributed by atoms with van der Waals surface area (Å²) in [6.45, 7) is 8.62. The first-order valence-electron chi connectivity index (χ1n) is 10.8. The van der Waals surface area contributed by atoms with Crippen LogP contribution in [0.5, 0.6) is 5.75 Å². The zero-order valence-corrected chi connectivity index (χ0v) is 20.7. The normalized spacial score (nSPS) is 12.8. The first kappa shape index (κ1) is 28.1. The van der Waals surface area contributed by atoms with Gasteiger partial charge in [0.25, 0.3) is 0 Å². The summed E-state index contributed by atoms with van der Waals surface area (Å²) >= 11 is 4.17. The largest absolute Gasteiger partial charge is 0.507 e. The van der Waals surface area contributed by atoms with E-state index in [2.05, 4.69) is 23.3 Å². The summed E-state index contributed by atoms with van der Waals surface area (Å²) in [4.78, 5) is 39.8. The number of nitriles is 1. The van der Waals surface area contributed by atoms with Crippen LogP contribution in [0.2, 0.25) is 0 Å². The number of nitrogens with zero attached hydrogens (tertiary/aromatic N) is 2. The second kappa shape index (κ2) is 12.9. The van der Waals surface area contributed by atoms with Gasteiger partial charge in [-0.2, -0.15) is 17.9 Å². The molecule has 3 amide bonds. The topological polar surface area (TPSA) is 132 Å². The molecular formula is C23H34N4O5S. The first-order chi connectivity index (χ1) is 15.5. The van der Waals surface area contributed by atoms with Crippen LogP contribution in [0.1, 0.15) is 57.7 Å². The molecule has 0 fully saturated rings. The van der Waals surface area contributed by atoms with Gasteiger partial charge >= 0.3 is 6.09 Å². The fourth-order valence-corrected chi connectivity index (χ4v) is 3.29. The fraction of sp³-hybridized carbons (Fsp3) is 0.565. The van der Waals surface area contributed by atoms with Crippen LogP contribution in [0.15, 0.2) is 18.2 Å². The van der Waals surface area contributed by atoms with E-state index in [1.807, 2.05) is 13.0 Å². The van der Waals surface area contributed by atoms with Gasteiger partial charge in [-0.25, -0.2) is 4.79 Å². The van der Waals surface area contributed by atoms with Gasteiger partial charge in [0.1, 0.15) is 30.0 Å². The van der Waals surface area contributed by atoms with Gasteiger partial charge in [0.2, 0.25) is 11.8 Å². The zero-order valence-electron chi connectivity index (χ0n) is 19.8. The Hall–Kier alpha value is -2.93. The quantitative estimate of drug-likeness (QED) is 0.232. The monoisotopic (exact) mass is 478 g/mol. The molecule has 9 nitrogen and oxygen atoms in total. The van der Waals surface area contributed by atoms with Crippen LogP contribution in [-0.4, -0.2) is 58.4 Å². The van der Waals surface area contributed by atoms with Crippen molar-refractivity contribution in [2.24, 2.45) is 0 Å². The second-order valence-electron chi connectivity index (χ2n) is 8.57. The Morgan fingerprint density at radius 1 is 1.30 bits per heavy atom. The van der Waals surface area contributed by atoms with Crippen molar-refractivity contribution < 1.29 is 24.2 Å². The molecule has 0 aliphatic rings. The van der Waals surface area contributed by atoms with Crippen molar-refractivity contribution in [3.8, 4) is 11.8 Å². The minimum atomic E-state index is -1.28. The molecule has 1 aromatic rings. The predicted octanol–water partition coefficient (Wildman–Crippen LogP) is 2.83. The molecule has 0 spiro atoms. The number of aryl methyl sites for hydroxylation is 1. The van der Waals surface area contributed by atoms with Gasteiger partial charge in [0.15, 0.2) is 0 Å². The lowest BCUT2D eigenvalue weighted by atomic mass is 9.99. The van der Waals surface area contributed by atoms with Crippen LogP contribution in [0.3, 0.4) is 0 Å². The molecular weight excluding hydrogens is 444 g/mol. The number of thiol groups is 1. The van der Waals surface area contributed by atoms with Gasteiger partial charge in [0.05, 0.1) is 6.07 Å². The van der Waals surface area contributed by atoms with E-state index in [1.54, 1.807) is 39.8 Å². The number of hydrogen-bond acceptors (Lipinski definition) is 7. The van der Waals surface area contributed by atoms with E-state index in [-0.39, 0.29) is 17.1 Å². The lowest BCUT2D eigenvalue weighted by Gasteiger charge is -2.33. The van der Waals surface area contributed by atoms with E-state index in [1.165, 1.54) is 6.07 Å². The minimum Gasteiger partial charge on any atom is -0.507 e. The van der Waals surface area contributed by atoms with E-state index in [4.69, 9.17) is 4.74 Å². The third-order valence-electron chi connectivity index (χ3n) is 4.65. The van der Waals surface area contributed by atoms with Crippen LogP contribution >= 0.6 is 12.6 Å². The summed E-state index contributed by atoms with van der Waals surface area (Å²) in [5, 5.41) is 25.3. The van der Waals surface area contributed by atoms with Crippen molar-refractivity contribution in [2.75, 3.05) is 18.8 Å². The molecule has 0 saturated carbocycles. The summed E-state index contributed by atoms with van der Waals surface area (Å²) in [6.07, 6.45) is 0.751. The van der Waals surface area contributed by atoms with E-state index in [9.17, 15) is 24.8 Å². The Labute approximate surface area is 200 Å². The number of amides is 3. The van der Waals surface area contributed by atoms with Crippen molar-refractivity contribution in [3.63, 3.8) is 0 Å². The Balaban J connectivity index is 3.37. The number of ether oxygens (including phenoxy) is 1. The Kier molecular flexibility index (Phi) is 11.0. The summed E-state index contributed by atoms with van der Waals surface area (Å²) in [5.74, 6) is -1.48. The van der Waals surface area contributed by atoms with Crippen molar-refractivity contribution in [2.45, 2.75) is 65.1 Å². The number of carbonyl (C=O) groups excluding carboxylic acids is 3. The van der Waals surface area contributed by atoms with Crippen LogP contribution in [-0.2, 0) is 14.3 Å². The van der Waals surface area contributed by atoms with Crippen molar-refractivity contribution in [1.29, 1.82) is 5.26 Å². The van der Waals surface area contributed by atoms with Crippen molar-refractivity contribution in [3.05, 3.63) is 29.3 Å². The molecule has 10 heteroatoms. The maximum absolute atomic E-state index is 13.4. The third-order valence-corrected chi connectivity index (χ3v) is 5.01. The lowest BCUT2D eigenvalue weighted by Crippen LogP contribution is -2.54. The highest BCUT2D eigenvalue weighted by atomic mass is 32.1. The molecule has 3 N–H and O–H groups in total. The molecule has 0 heterocycles. The summed E-state index contributed by atoms with van der Waals surface area (Å²) < 4.78 is 5.21. The number of hydrogen-bond donors (Lipinski definition) is 4. The predicted molar refractivity (Wildman–Crippen MR) is 128 cm³/mol. The maximum Gasteiger partial charge on any atom is 0.408 e. The Bertz CT molecular complexity index is 879. The van der Waals surface area contributed by atoms with Crippen molar-refractivity contribution >= 4 is 30.5 Å². The molecule has 2 unspecified atom stereocenters. The lowest BCUT2D eigenvalue weighted by molar-refractivity contribution is -0.141. The molecule has 1 aromatic carbocycles. The molecule has 33 heavy (non-hydrogen) atoms. The molecule has 0 saturated heterocycles. The van der Waals surface area contributed by atoms with Gasteiger partial charge in [-0.15, -0.1) is 0 Å². The number of carbonyl (C=O) groups is 3. The molecule has 1 rings (SSSR count). The summed E-state index contributed by atoms with van der Waals surface area (Å²) in [5.41, 5.74) is -0.0843. The van der Waals surface area contributed by atoms with E-state index in [0.29, 0.717) is 12.1 Å². The van der Waals surface area contributed by atoms with Crippen LogP contribution < -0.4 is 10.6 Å². The number of unbranched alkanes of at least 4 members (excludes halogenated alkanes) is 1. The van der Waals surface area contributed by atoms with Gasteiger partial charge in [-0.05, 0) is 39.7 Å². The number of rotatable bonds is 10. The van der Waals surface area contributed by atoms with Gasteiger partial charge < -0.3 is 25.4 Å². The van der Waals surface area contributed by atoms with Gasteiger partial charge in [-0.1, -0.05) is 31.5 Å². The summed E-state index contributed by atoms with van der Waals surface area (Å²) in [6, 6.07) is 4.31. The van der Waals surface area contributed by atoms with Crippen LogP contribution in [0, 0.1) is 18.3 Å². The molecule has 0 bridgehead atoms. The zero-order chi connectivity index (χ0) is 25.2. The molecule has 2 atom stereocenters. The van der Waals surface area contributed by atoms with E-state index < -0.39 is 42.1 Å². The summed E-state index contributed by atoms with van der Waals surface area (Å²) in [7, 11) is 0. The first-order valence-corrected chi connectivity index (χ1v) is 11.4. The molecule has 0 aliphatic heterocycles. The maximum atomic E-state index is 13.4. The fourth-order valence-electron chi connectivity index (χ4n) is 3.05. The molecule has 0 radical (unpaired) electrons. The Morgan fingerprint density at radius 2 is 1.97 bits per heavy atom. The average Bonchev–Trinajstić information content (AvgIpc) is 2.73. The molecule has 0 aliphatic carbocycles. The number of aromatic hydroxyl groups is 1. The highest BCUT2D eigenvalue weighted by molar-refractivity contribution is 7.80. The molecule has 182 valence electrons. The smallest absolute Gasteiger partial charge is 0.408 e. The van der Waals surface area contributed by atoms with Gasteiger partial charge in [-0.3, -0.25) is 9.59 Å². The van der Waals surface area contributed by atoms with Gasteiger partial charge in [0, 0.05) is 17.9 Å². The average molecular weight is 479 g/mol. The highest BCUT2D eigenvalue weighted by Gasteiger charge is 2.37. The SMILES string of the molecule is CCCCNC(=O)C(c1cccc(C)c1O)N(CC#N)C(=O)C(CS)NC(=O)OC(C)(C)C. The second-order valence-corrected chi connectivity index (χ2v) is 8.93. The number of benzene rings is 1. The van der Waals surface area contributed by atoms with Crippen LogP contribution in [0.25, 0.3) is 0 Å². The molecule has 0 aromatic heterocycles. The van der Waals surface area contributed by atoms with E-state index in [0.717, 1.165) is 17.7 Å². The number of phenolic OH excluding ortho intramolecular Hbond substituents is 1. The number of para-hydroxylation sites is 1. The Morgan fingerprint density at radius 3 is 2.52 bits per heavy atom. The standard InChI is InChI=1S/C23H34N4O5S/c1-6-7-12-25-20(29)18(16-10-8-9-15(2)19(16)28)27(13-11-24)21(30)17(14-33)26-22(31)32-23(3,4)5/h8-10,17-18,28,33H,6-7,12-14H2,1-5H3,(H,25,29)(H,26,31). The number of nitrogens with one attached hydrogen (secondary N) is 2. The van der Waals surface area contributed by atoms with E-state index >= 15 is 0 Å². The third kappa shape index (κ3) is 8.50. The number of alkyl carbamates (subject to hydrolysis) is 1. The van der Waals surface area contributed by atoms with Crippen LogP contribution in [0.4, 0.5) is 4.79 Å². The highest BCUT2D eigenvalue weighted by Crippen LogP contribution is 2.32. The van der Waals surface area contributed by atoms with Crippen molar-refractivity contribution in [1.82, 2.24) is 15.5 Å². The number of phenols is 1. The minimum absolute atomic E-state index is 0.0933.